The Kier molecular flexibility index (Phi) is 8.66. The molecular weight excluding hydrogens is 575 g/mol. The molecule has 0 aliphatic heterocycles. The van der Waals surface area contributed by atoms with Crippen LogP contribution >= 0.6 is 0 Å². The second-order valence-electron chi connectivity index (χ2n) is 15.3. The first kappa shape index (κ1) is 30.6. The van der Waals surface area contributed by atoms with E-state index in [-0.39, 0.29) is 36.2 Å². The number of carbonyl (C=O) groups is 1. The first-order valence-corrected chi connectivity index (χ1v) is 20.8. The van der Waals surface area contributed by atoms with E-state index in [9.17, 15) is 4.79 Å². The third kappa shape index (κ3) is 5.47. The molecule has 0 unspecified atom stereocenters. The molecule has 5 rings (SSSR count). The van der Waals surface area contributed by atoms with Gasteiger partial charge in [0.15, 0.2) is 0 Å². The molecule has 0 saturated heterocycles. The van der Waals surface area contributed by atoms with Crippen molar-refractivity contribution in [2.75, 3.05) is 6.61 Å². The van der Waals surface area contributed by atoms with Gasteiger partial charge in [0.05, 0.1) is 0 Å². The topological polar surface area (TPSA) is 35.5 Å². The van der Waals surface area contributed by atoms with Crippen LogP contribution in [0.3, 0.4) is 0 Å². The number of allylic oxidation sites excluding steroid dienone is 1. The van der Waals surface area contributed by atoms with E-state index in [1.54, 1.807) is 5.57 Å². The molecule has 222 valence electrons. The zero-order valence-corrected chi connectivity index (χ0v) is 29.1. The van der Waals surface area contributed by atoms with Gasteiger partial charge in [-0.2, -0.15) is 0 Å². The zero-order chi connectivity index (χ0) is 28.9. The van der Waals surface area contributed by atoms with Gasteiger partial charge in [-0.15, -0.1) is 0 Å². The molecular formula is C35H54O3SeSi. The molecule has 3 fully saturated rings. The average Bonchev–Trinajstić information content (AvgIpc) is 3.24. The van der Waals surface area contributed by atoms with E-state index in [2.05, 4.69) is 84.1 Å². The van der Waals surface area contributed by atoms with Crippen molar-refractivity contribution in [1.29, 1.82) is 0 Å². The van der Waals surface area contributed by atoms with E-state index < -0.39 is 8.32 Å². The molecule has 3 saturated carbocycles. The first-order chi connectivity index (χ1) is 18.8. The van der Waals surface area contributed by atoms with Gasteiger partial charge in [-0.3, -0.25) is 0 Å². The average molecular weight is 630 g/mol. The fraction of sp³-hybridized carbons (Fsp3) is 0.743. The van der Waals surface area contributed by atoms with E-state index in [0.29, 0.717) is 24.0 Å². The Labute approximate surface area is 251 Å². The van der Waals surface area contributed by atoms with Crippen LogP contribution in [0.25, 0.3) is 0 Å². The predicted octanol–water partition coefficient (Wildman–Crippen LogP) is 8.34. The van der Waals surface area contributed by atoms with Crippen molar-refractivity contribution in [3.05, 3.63) is 42.0 Å². The predicted molar refractivity (Wildman–Crippen MR) is 169 cm³/mol. The Morgan fingerprint density at radius 2 is 1.77 bits per heavy atom. The Balaban J connectivity index is 1.35. The molecule has 4 aliphatic carbocycles. The van der Waals surface area contributed by atoms with Gasteiger partial charge in [0, 0.05) is 0 Å². The number of esters is 1. The second kappa shape index (κ2) is 11.3. The van der Waals surface area contributed by atoms with Gasteiger partial charge in [0.2, 0.25) is 0 Å². The van der Waals surface area contributed by atoms with E-state index in [0.717, 1.165) is 24.2 Å². The van der Waals surface area contributed by atoms with Crippen molar-refractivity contribution in [3.63, 3.8) is 0 Å². The molecule has 0 aromatic heterocycles. The van der Waals surface area contributed by atoms with Gasteiger partial charge in [0.1, 0.15) is 0 Å². The van der Waals surface area contributed by atoms with Gasteiger partial charge in [0.25, 0.3) is 0 Å². The van der Waals surface area contributed by atoms with Crippen molar-refractivity contribution in [2.45, 2.75) is 122 Å². The molecule has 0 heterocycles. The molecule has 5 heteroatoms. The van der Waals surface area contributed by atoms with E-state index in [1.807, 2.05) is 6.92 Å². The summed E-state index contributed by atoms with van der Waals surface area (Å²) in [7, 11) is -1.76. The van der Waals surface area contributed by atoms with E-state index >= 15 is 0 Å². The van der Waals surface area contributed by atoms with E-state index in [4.69, 9.17) is 9.16 Å². The number of benzene rings is 1. The number of rotatable bonds is 7. The Bertz CT molecular complexity index is 1090. The summed E-state index contributed by atoms with van der Waals surface area (Å²) >= 11 is 0.0983. The standard InChI is InChI=1S/C35H54O3SeSi/c1-9-37-32(36)31(39-26-13-11-10-12-14-26)30-18-17-28-27-16-15-24-23-25(38-40(7,8)33(2,3)4)19-21-34(24,5)29(27)20-22-35(28,30)6/h10-15,25,27-31H,9,16-23H2,1-8H3/t25-,27-,28-,29-,30+,31-,34-,35-/m0/s1. The minimum absolute atomic E-state index is 0.0228. The van der Waals surface area contributed by atoms with Gasteiger partial charge in [-0.05, 0) is 18.1 Å². The van der Waals surface area contributed by atoms with Crippen LogP contribution in [0.1, 0.15) is 92.9 Å². The van der Waals surface area contributed by atoms with Crippen molar-refractivity contribution < 1.29 is 14.0 Å². The van der Waals surface area contributed by atoms with Crippen LogP contribution in [0.2, 0.25) is 22.9 Å². The van der Waals surface area contributed by atoms with Gasteiger partial charge < -0.3 is 0 Å². The first-order valence-electron chi connectivity index (χ1n) is 16.1. The normalized spacial score (nSPS) is 36.6. The number of hydrogen-bond donors (Lipinski definition) is 0. The van der Waals surface area contributed by atoms with Crippen LogP contribution in [-0.4, -0.2) is 42.0 Å². The van der Waals surface area contributed by atoms with Gasteiger partial charge in [-0.25, -0.2) is 0 Å². The van der Waals surface area contributed by atoms with E-state index in [1.165, 1.54) is 49.4 Å². The molecule has 0 radical (unpaired) electrons. The molecule has 0 N–H and O–H groups in total. The number of hydrogen-bond acceptors (Lipinski definition) is 3. The maximum atomic E-state index is 13.4. The monoisotopic (exact) mass is 630 g/mol. The summed E-state index contributed by atoms with van der Waals surface area (Å²) in [4.78, 5) is 13.5. The summed E-state index contributed by atoms with van der Waals surface area (Å²) in [6.45, 7) is 19.5. The third-order valence-corrected chi connectivity index (χ3v) is 19.6. The second-order valence-corrected chi connectivity index (χ2v) is 22.6. The molecule has 0 spiro atoms. The van der Waals surface area contributed by atoms with Crippen LogP contribution in [0, 0.1) is 34.5 Å². The summed E-state index contributed by atoms with van der Waals surface area (Å²) in [6, 6.07) is 10.7. The Morgan fingerprint density at radius 3 is 2.45 bits per heavy atom. The van der Waals surface area contributed by atoms with Crippen LogP contribution < -0.4 is 4.46 Å². The van der Waals surface area contributed by atoms with Crippen molar-refractivity contribution in [2.24, 2.45) is 34.5 Å². The molecule has 4 aliphatic rings. The molecule has 0 bridgehead atoms. The third-order valence-electron chi connectivity index (χ3n) is 12.3. The van der Waals surface area contributed by atoms with Crippen LogP contribution in [0.5, 0.6) is 0 Å². The van der Waals surface area contributed by atoms with Gasteiger partial charge >= 0.3 is 214 Å². The summed E-state index contributed by atoms with van der Waals surface area (Å²) in [6.07, 6.45) is 12.9. The summed E-state index contributed by atoms with van der Waals surface area (Å²) in [5.74, 6) is 2.74. The molecule has 1 aromatic rings. The maximum absolute atomic E-state index is 13.4. The quantitative estimate of drug-likeness (QED) is 0.173. The van der Waals surface area contributed by atoms with Crippen molar-refractivity contribution in [1.82, 2.24) is 0 Å². The summed E-state index contributed by atoms with van der Waals surface area (Å²) in [5.41, 5.74) is 2.27. The molecule has 40 heavy (non-hydrogen) atoms. The molecule has 1 aromatic carbocycles. The fourth-order valence-corrected chi connectivity index (χ4v) is 13.3. The minimum atomic E-state index is -1.76. The number of fused-ring (bicyclic) bond motifs is 5. The number of carbonyl (C=O) groups excluding carboxylic acids is 1. The Hall–Kier alpha value is -0.874. The molecule has 0 amide bonds. The fourth-order valence-electron chi connectivity index (χ4n) is 9.02. The van der Waals surface area contributed by atoms with Crippen molar-refractivity contribution >= 4 is 33.7 Å². The Morgan fingerprint density at radius 1 is 1.05 bits per heavy atom. The van der Waals surface area contributed by atoms with Crippen LogP contribution in [0.15, 0.2) is 42.0 Å². The number of ether oxygens (including phenoxy) is 1. The van der Waals surface area contributed by atoms with Crippen LogP contribution in [-0.2, 0) is 14.0 Å². The summed E-state index contributed by atoms with van der Waals surface area (Å²) in [5, 5.41) is 0.260. The van der Waals surface area contributed by atoms with Crippen molar-refractivity contribution in [3.8, 4) is 0 Å². The zero-order valence-electron chi connectivity index (χ0n) is 26.4. The molecule has 8 atom stereocenters. The molecule has 3 nitrogen and oxygen atoms in total. The summed E-state index contributed by atoms with van der Waals surface area (Å²) < 4.78 is 14.0. The van der Waals surface area contributed by atoms with Crippen LogP contribution in [0.4, 0.5) is 0 Å². The SMILES string of the molecule is CCOC(=O)[C@@H]([Se]c1ccccc1)[C@H]1CC[C@H]2[C@@H]3CC=C4C[C@@H](O[Si](C)(C)C(C)(C)C)CC[C@]4(C)[C@H]3CC[C@]12C. The van der Waals surface area contributed by atoms with Gasteiger partial charge in [-0.1, -0.05) is 20.8 Å².